The predicted molar refractivity (Wildman–Crippen MR) is 77.0 cm³/mol. The van der Waals surface area contributed by atoms with Gasteiger partial charge in [0.05, 0.1) is 11.4 Å². The fourth-order valence-electron chi connectivity index (χ4n) is 1.19. The van der Waals surface area contributed by atoms with Crippen LogP contribution in [0.3, 0.4) is 0 Å². The van der Waals surface area contributed by atoms with Crippen molar-refractivity contribution in [3.63, 3.8) is 0 Å². The Morgan fingerprint density at radius 2 is 0.900 bits per heavy atom. The monoisotopic (exact) mass is 270 g/mol. The summed E-state index contributed by atoms with van der Waals surface area (Å²) >= 11 is 0. The zero-order valence-corrected chi connectivity index (χ0v) is 10.6. The third-order valence-corrected chi connectivity index (χ3v) is 1.90. The van der Waals surface area contributed by atoms with E-state index in [-0.39, 0.29) is 0 Å². The lowest BCUT2D eigenvalue weighted by Crippen LogP contribution is -2.07. The van der Waals surface area contributed by atoms with Gasteiger partial charge < -0.3 is 10.9 Å². The minimum Gasteiger partial charge on any atom is -0.301 e. The van der Waals surface area contributed by atoms with Gasteiger partial charge in [-0.2, -0.15) is 0 Å². The van der Waals surface area contributed by atoms with E-state index in [2.05, 4.69) is 10.9 Å². The lowest BCUT2D eigenvalue weighted by atomic mass is 10.3. The number of isocyanates is 2. The second kappa shape index (κ2) is 12.3. The zero-order valence-electron chi connectivity index (χ0n) is 10.6. The maximum atomic E-state index is 8.35. The van der Waals surface area contributed by atoms with Crippen LogP contribution >= 0.6 is 0 Å². The number of hydrogen-bond donors (Lipinski definition) is 4. The fraction of sp³-hybridized carbons (Fsp3) is 0. The molecule has 102 valence electrons. The van der Waals surface area contributed by atoms with E-state index in [1.54, 1.807) is 0 Å². The molecule has 4 N–H and O–H groups in total. The minimum absolute atomic E-state index is 0.750. The average Bonchev–Trinajstić information content (AvgIpc) is 2.49. The van der Waals surface area contributed by atoms with Crippen LogP contribution < -0.4 is 10.9 Å². The van der Waals surface area contributed by atoms with E-state index in [1.165, 1.54) is 0 Å². The van der Waals surface area contributed by atoms with Gasteiger partial charge in [-0.05, 0) is 24.3 Å². The number of anilines is 2. The fourth-order valence-corrected chi connectivity index (χ4v) is 1.19. The highest BCUT2D eigenvalue weighted by Crippen LogP contribution is 2.08. The minimum atomic E-state index is 0.750. The standard InChI is InChI=1S/C12H12N2.2CHNO/c1-3-7-11(8-4-1)13-14-12-9-5-2-6-10-12;2*2-1-3/h1-10,13-14H;2*2H. The van der Waals surface area contributed by atoms with Gasteiger partial charge in [0, 0.05) is 0 Å². The molecular formula is C14H14N4O2. The van der Waals surface area contributed by atoms with Crippen LogP contribution in [0.1, 0.15) is 0 Å². The Kier molecular flexibility index (Phi) is 10.3. The molecule has 20 heavy (non-hydrogen) atoms. The number of hydrazine groups is 1. The van der Waals surface area contributed by atoms with Crippen LogP contribution in [0, 0.1) is 10.8 Å². The van der Waals surface area contributed by atoms with E-state index < -0.39 is 0 Å². The number of para-hydroxylation sites is 2. The molecule has 0 saturated heterocycles. The Hall–Kier alpha value is -3.20. The molecule has 0 heterocycles. The van der Waals surface area contributed by atoms with E-state index in [9.17, 15) is 0 Å². The number of rotatable bonds is 3. The Morgan fingerprint density at radius 3 is 1.15 bits per heavy atom. The summed E-state index contributed by atoms with van der Waals surface area (Å²) < 4.78 is 0. The summed E-state index contributed by atoms with van der Waals surface area (Å²) in [5.41, 5.74) is 8.33. The van der Waals surface area contributed by atoms with Crippen LogP contribution in [0.5, 0.6) is 0 Å². The topological polar surface area (TPSA) is 106 Å². The molecular weight excluding hydrogens is 256 g/mol. The number of hydrogen-bond acceptors (Lipinski definition) is 6. The molecule has 0 atom stereocenters. The van der Waals surface area contributed by atoms with E-state index in [1.807, 2.05) is 60.7 Å². The first-order valence-corrected chi connectivity index (χ1v) is 5.48. The largest absolute Gasteiger partial charge is 0.301 e. The average molecular weight is 270 g/mol. The summed E-state index contributed by atoms with van der Waals surface area (Å²) in [5.74, 6) is 0. The maximum absolute atomic E-state index is 8.35. The molecule has 6 heteroatoms. The molecule has 0 fully saturated rings. The Labute approximate surface area is 116 Å². The van der Waals surface area contributed by atoms with Crippen LogP contribution in [0.25, 0.3) is 0 Å². The van der Waals surface area contributed by atoms with Gasteiger partial charge in [0.1, 0.15) is 0 Å². The van der Waals surface area contributed by atoms with Crippen molar-refractivity contribution in [2.75, 3.05) is 10.9 Å². The van der Waals surface area contributed by atoms with Crippen LogP contribution in [-0.4, -0.2) is 12.2 Å². The van der Waals surface area contributed by atoms with Gasteiger partial charge in [0.2, 0.25) is 12.2 Å². The van der Waals surface area contributed by atoms with Gasteiger partial charge in [-0.1, -0.05) is 36.4 Å². The Bertz CT molecular complexity index is 480. The molecule has 2 aromatic rings. The van der Waals surface area contributed by atoms with Gasteiger partial charge in [-0.15, -0.1) is 0 Å². The highest BCUT2D eigenvalue weighted by molar-refractivity contribution is 5.51. The van der Waals surface area contributed by atoms with E-state index >= 15 is 0 Å². The van der Waals surface area contributed by atoms with Crippen molar-refractivity contribution in [3.8, 4) is 0 Å². The summed E-state index contributed by atoms with van der Waals surface area (Å²) in [7, 11) is 0. The van der Waals surface area contributed by atoms with Gasteiger partial charge >= 0.3 is 0 Å². The molecule has 0 saturated carbocycles. The summed E-state index contributed by atoms with van der Waals surface area (Å²) in [6.45, 7) is 0. The lowest BCUT2D eigenvalue weighted by molar-refractivity contribution is 0.562. The Morgan fingerprint density at radius 1 is 0.650 bits per heavy atom. The molecule has 0 bridgehead atoms. The van der Waals surface area contributed by atoms with Gasteiger partial charge in [-0.3, -0.25) is 0 Å². The van der Waals surface area contributed by atoms with Gasteiger partial charge in [0.15, 0.2) is 0 Å². The van der Waals surface area contributed by atoms with E-state index in [0.29, 0.717) is 0 Å². The molecule has 0 aliphatic carbocycles. The molecule has 2 aromatic carbocycles. The molecule has 0 radical (unpaired) electrons. The SMILES string of the molecule is N=C=O.N=C=O.c1ccc(NNc2ccccc2)cc1. The number of carbonyl (C=O) groups excluding carboxylic acids is 2. The van der Waals surface area contributed by atoms with Crippen molar-refractivity contribution >= 4 is 23.5 Å². The second-order valence-corrected chi connectivity index (χ2v) is 3.19. The maximum Gasteiger partial charge on any atom is 0.231 e. The highest BCUT2D eigenvalue weighted by atomic mass is 16.1. The number of nitrogens with one attached hydrogen (secondary N) is 4. The summed E-state index contributed by atoms with van der Waals surface area (Å²) in [6, 6.07) is 20.0. The van der Waals surface area contributed by atoms with Crippen LogP contribution in [0.2, 0.25) is 0 Å². The zero-order chi connectivity index (χ0) is 15.1. The summed E-state index contributed by atoms with van der Waals surface area (Å²) in [4.78, 5) is 16.7. The Balaban J connectivity index is 0.000000520. The molecule has 0 aromatic heterocycles. The molecule has 2 rings (SSSR count). The molecule has 0 spiro atoms. The van der Waals surface area contributed by atoms with Crippen molar-refractivity contribution in [1.82, 2.24) is 0 Å². The summed E-state index contributed by atoms with van der Waals surface area (Å²) in [5, 5.41) is 10.8. The smallest absolute Gasteiger partial charge is 0.231 e. The van der Waals surface area contributed by atoms with Crippen molar-refractivity contribution in [1.29, 1.82) is 10.8 Å². The summed E-state index contributed by atoms with van der Waals surface area (Å²) in [6.07, 6.45) is 1.50. The normalized spacial score (nSPS) is 7.40. The van der Waals surface area contributed by atoms with Crippen LogP contribution in [-0.2, 0) is 9.59 Å². The van der Waals surface area contributed by atoms with Crippen molar-refractivity contribution in [2.24, 2.45) is 0 Å². The third kappa shape index (κ3) is 8.90. The first-order chi connectivity index (χ1) is 9.78. The molecule has 0 aliphatic rings. The number of benzene rings is 2. The first-order valence-electron chi connectivity index (χ1n) is 5.48. The van der Waals surface area contributed by atoms with Crippen molar-refractivity contribution in [3.05, 3.63) is 60.7 Å². The van der Waals surface area contributed by atoms with Crippen LogP contribution in [0.15, 0.2) is 60.7 Å². The molecule has 0 unspecified atom stereocenters. The lowest BCUT2D eigenvalue weighted by Gasteiger charge is -2.08. The second-order valence-electron chi connectivity index (χ2n) is 3.19. The molecule has 6 nitrogen and oxygen atoms in total. The first kappa shape index (κ1) is 16.8. The van der Waals surface area contributed by atoms with Gasteiger partial charge in [0.25, 0.3) is 0 Å². The molecule has 0 aliphatic heterocycles. The highest BCUT2D eigenvalue weighted by Gasteiger charge is 1.88. The van der Waals surface area contributed by atoms with E-state index in [0.717, 1.165) is 23.5 Å². The van der Waals surface area contributed by atoms with Gasteiger partial charge in [-0.25, -0.2) is 20.4 Å². The van der Waals surface area contributed by atoms with Crippen molar-refractivity contribution < 1.29 is 9.59 Å². The quantitative estimate of drug-likeness (QED) is 0.391. The third-order valence-electron chi connectivity index (χ3n) is 1.90. The predicted octanol–water partition coefficient (Wildman–Crippen LogP) is 2.93. The molecule has 0 amide bonds. The van der Waals surface area contributed by atoms with Crippen LogP contribution in [0.4, 0.5) is 11.4 Å². The van der Waals surface area contributed by atoms with Crippen molar-refractivity contribution in [2.45, 2.75) is 0 Å². The van der Waals surface area contributed by atoms with E-state index in [4.69, 9.17) is 20.4 Å².